The second-order valence-corrected chi connectivity index (χ2v) is 4.16. The number of carboxylic acid groups (broad SMARTS) is 1. The molecule has 0 fully saturated rings. The van der Waals surface area contributed by atoms with E-state index in [4.69, 9.17) is 9.84 Å². The van der Waals surface area contributed by atoms with Crippen molar-refractivity contribution in [1.82, 2.24) is 0 Å². The highest BCUT2D eigenvalue weighted by molar-refractivity contribution is 5.91. The van der Waals surface area contributed by atoms with Gasteiger partial charge in [-0.1, -0.05) is 24.3 Å². The minimum Gasteiger partial charge on any atom is -0.504 e. The van der Waals surface area contributed by atoms with Gasteiger partial charge < -0.3 is 14.9 Å². The van der Waals surface area contributed by atoms with Crippen molar-refractivity contribution in [3.63, 3.8) is 0 Å². The molecule has 0 aliphatic carbocycles. The van der Waals surface area contributed by atoms with Crippen molar-refractivity contribution in [3.8, 4) is 11.5 Å². The van der Waals surface area contributed by atoms with E-state index >= 15 is 0 Å². The molecule has 94 valence electrons. The summed E-state index contributed by atoms with van der Waals surface area (Å²) in [6.07, 6.45) is 0. The van der Waals surface area contributed by atoms with Crippen LogP contribution in [0.5, 0.6) is 11.5 Å². The van der Waals surface area contributed by atoms with Gasteiger partial charge in [0.15, 0.2) is 11.5 Å². The summed E-state index contributed by atoms with van der Waals surface area (Å²) in [6.45, 7) is 1.63. The molecule has 0 amide bonds. The van der Waals surface area contributed by atoms with Crippen LogP contribution in [0.1, 0.15) is 18.4 Å². The predicted molar refractivity (Wildman–Crippen MR) is 68.2 cm³/mol. The van der Waals surface area contributed by atoms with Gasteiger partial charge in [-0.3, -0.25) is 4.79 Å². The van der Waals surface area contributed by atoms with Crippen molar-refractivity contribution < 1.29 is 19.7 Å². The number of aliphatic carboxylic acids is 1. The summed E-state index contributed by atoms with van der Waals surface area (Å²) in [4.78, 5) is 10.9. The Balaban J connectivity index is 2.57. The van der Waals surface area contributed by atoms with E-state index in [1.54, 1.807) is 37.3 Å². The SMILES string of the molecule is COc1ccc2cc([C@H](C)C(=O)O)ccc2c1O. The first kappa shape index (κ1) is 12.2. The van der Waals surface area contributed by atoms with Crippen molar-refractivity contribution >= 4 is 16.7 Å². The fraction of sp³-hybridized carbons (Fsp3) is 0.214. The molecule has 0 unspecified atom stereocenters. The summed E-state index contributed by atoms with van der Waals surface area (Å²) in [5.41, 5.74) is 0.708. The Kier molecular flexibility index (Phi) is 3.10. The van der Waals surface area contributed by atoms with Crippen molar-refractivity contribution in [2.45, 2.75) is 12.8 Å². The number of carbonyl (C=O) groups is 1. The van der Waals surface area contributed by atoms with Gasteiger partial charge in [-0.2, -0.15) is 0 Å². The molecular formula is C14H14O4. The van der Waals surface area contributed by atoms with E-state index in [1.165, 1.54) is 7.11 Å². The van der Waals surface area contributed by atoms with E-state index in [0.717, 1.165) is 5.39 Å². The first-order valence-corrected chi connectivity index (χ1v) is 5.57. The van der Waals surface area contributed by atoms with Crippen LogP contribution in [0.25, 0.3) is 10.8 Å². The number of benzene rings is 2. The zero-order chi connectivity index (χ0) is 13.3. The molecule has 0 radical (unpaired) electrons. The van der Waals surface area contributed by atoms with Gasteiger partial charge in [0.1, 0.15) is 0 Å². The van der Waals surface area contributed by atoms with Gasteiger partial charge >= 0.3 is 5.97 Å². The third kappa shape index (κ3) is 1.97. The molecule has 0 saturated carbocycles. The second-order valence-electron chi connectivity index (χ2n) is 4.16. The quantitative estimate of drug-likeness (QED) is 0.873. The summed E-state index contributed by atoms with van der Waals surface area (Å²) in [6, 6.07) is 8.65. The minimum atomic E-state index is -0.868. The topological polar surface area (TPSA) is 66.8 Å². The van der Waals surface area contributed by atoms with Crippen LogP contribution in [-0.2, 0) is 4.79 Å². The van der Waals surface area contributed by atoms with Crippen LogP contribution in [0.2, 0.25) is 0 Å². The van der Waals surface area contributed by atoms with Crippen molar-refractivity contribution in [3.05, 3.63) is 35.9 Å². The van der Waals surface area contributed by atoms with Crippen LogP contribution in [0, 0.1) is 0 Å². The van der Waals surface area contributed by atoms with Crippen LogP contribution < -0.4 is 4.74 Å². The maximum absolute atomic E-state index is 10.9. The molecule has 2 aromatic carbocycles. The van der Waals surface area contributed by atoms with Crippen LogP contribution in [0.15, 0.2) is 30.3 Å². The Hall–Kier alpha value is -2.23. The average Bonchev–Trinajstić information content (AvgIpc) is 2.37. The molecular weight excluding hydrogens is 232 g/mol. The highest BCUT2D eigenvalue weighted by atomic mass is 16.5. The molecule has 18 heavy (non-hydrogen) atoms. The lowest BCUT2D eigenvalue weighted by atomic mass is 9.97. The number of ether oxygens (including phenoxy) is 1. The second kappa shape index (κ2) is 4.56. The zero-order valence-corrected chi connectivity index (χ0v) is 10.2. The van der Waals surface area contributed by atoms with Crippen LogP contribution in [0.4, 0.5) is 0 Å². The molecule has 1 atom stereocenters. The number of phenols is 1. The standard InChI is InChI=1S/C14H14O4/c1-8(14(16)17)9-3-5-11-10(7-9)4-6-12(18-2)13(11)15/h3-8,15H,1-2H3,(H,16,17)/t8-/m0/s1. The number of hydrogen-bond donors (Lipinski definition) is 2. The highest BCUT2D eigenvalue weighted by Gasteiger charge is 2.15. The van der Waals surface area contributed by atoms with Crippen LogP contribution in [0.3, 0.4) is 0 Å². The smallest absolute Gasteiger partial charge is 0.310 e. The van der Waals surface area contributed by atoms with E-state index in [-0.39, 0.29) is 5.75 Å². The zero-order valence-electron chi connectivity index (χ0n) is 10.2. The van der Waals surface area contributed by atoms with Crippen LogP contribution >= 0.6 is 0 Å². The fourth-order valence-electron chi connectivity index (χ4n) is 1.89. The van der Waals surface area contributed by atoms with Crippen LogP contribution in [-0.4, -0.2) is 23.3 Å². The van der Waals surface area contributed by atoms with E-state index in [1.807, 2.05) is 0 Å². The van der Waals surface area contributed by atoms with Gasteiger partial charge in [0.25, 0.3) is 0 Å². The first-order chi connectivity index (χ1) is 8.54. The summed E-state index contributed by atoms with van der Waals surface area (Å²) < 4.78 is 5.02. The van der Waals surface area contributed by atoms with Gasteiger partial charge in [-0.05, 0) is 23.9 Å². The Bertz CT molecular complexity index is 604. The summed E-state index contributed by atoms with van der Waals surface area (Å²) >= 11 is 0. The van der Waals surface area contributed by atoms with E-state index in [2.05, 4.69) is 0 Å². The fourth-order valence-corrected chi connectivity index (χ4v) is 1.89. The number of phenolic OH excluding ortho intramolecular Hbond substituents is 1. The normalized spacial score (nSPS) is 12.3. The molecule has 4 nitrogen and oxygen atoms in total. The molecule has 0 aromatic heterocycles. The monoisotopic (exact) mass is 246 g/mol. The Morgan fingerprint density at radius 1 is 1.28 bits per heavy atom. The summed E-state index contributed by atoms with van der Waals surface area (Å²) in [7, 11) is 1.49. The van der Waals surface area contributed by atoms with Crippen molar-refractivity contribution in [1.29, 1.82) is 0 Å². The summed E-state index contributed by atoms with van der Waals surface area (Å²) in [5.74, 6) is -0.961. The van der Waals surface area contributed by atoms with E-state index in [9.17, 15) is 9.90 Å². The Morgan fingerprint density at radius 2 is 2.00 bits per heavy atom. The van der Waals surface area contributed by atoms with Gasteiger partial charge in [-0.25, -0.2) is 0 Å². The number of hydrogen-bond acceptors (Lipinski definition) is 3. The van der Waals surface area contributed by atoms with Crippen molar-refractivity contribution in [2.75, 3.05) is 7.11 Å². The third-order valence-electron chi connectivity index (χ3n) is 3.07. The lowest BCUT2D eigenvalue weighted by Crippen LogP contribution is -2.07. The molecule has 2 rings (SSSR count). The summed E-state index contributed by atoms with van der Waals surface area (Å²) in [5, 5.41) is 20.4. The third-order valence-corrected chi connectivity index (χ3v) is 3.07. The van der Waals surface area contributed by atoms with E-state index < -0.39 is 11.9 Å². The first-order valence-electron chi connectivity index (χ1n) is 5.57. The molecule has 0 saturated heterocycles. The molecule has 0 aliphatic rings. The Labute approximate surface area is 104 Å². The molecule has 0 bridgehead atoms. The average molecular weight is 246 g/mol. The predicted octanol–water partition coefficient (Wildman–Crippen LogP) is 2.74. The number of fused-ring (bicyclic) bond motifs is 1. The van der Waals surface area contributed by atoms with Gasteiger partial charge in [0.05, 0.1) is 13.0 Å². The van der Waals surface area contributed by atoms with E-state index in [0.29, 0.717) is 16.7 Å². The van der Waals surface area contributed by atoms with Gasteiger partial charge in [0, 0.05) is 5.39 Å². The number of carboxylic acids is 1. The molecule has 2 aromatic rings. The molecule has 2 N–H and O–H groups in total. The van der Waals surface area contributed by atoms with Gasteiger partial charge in [0.2, 0.25) is 0 Å². The molecule has 4 heteroatoms. The van der Waals surface area contributed by atoms with Gasteiger partial charge in [-0.15, -0.1) is 0 Å². The minimum absolute atomic E-state index is 0.0736. The number of rotatable bonds is 3. The molecule has 0 aliphatic heterocycles. The largest absolute Gasteiger partial charge is 0.504 e. The molecule has 0 heterocycles. The molecule has 0 spiro atoms. The maximum Gasteiger partial charge on any atom is 0.310 e. The van der Waals surface area contributed by atoms with Crippen molar-refractivity contribution in [2.24, 2.45) is 0 Å². The highest BCUT2D eigenvalue weighted by Crippen LogP contribution is 2.35. The number of methoxy groups -OCH3 is 1. The Morgan fingerprint density at radius 3 is 2.61 bits per heavy atom. The lowest BCUT2D eigenvalue weighted by molar-refractivity contribution is -0.138. The number of aromatic hydroxyl groups is 1. The lowest BCUT2D eigenvalue weighted by Gasteiger charge is -2.10. The maximum atomic E-state index is 10.9.